The summed E-state index contributed by atoms with van der Waals surface area (Å²) >= 11 is 1.62. The fourth-order valence-electron chi connectivity index (χ4n) is 2.99. The molecule has 1 aromatic heterocycles. The first-order chi connectivity index (χ1) is 13.9. The number of amides is 2. The third kappa shape index (κ3) is 4.60. The maximum Gasteiger partial charge on any atom is 0.412 e. The number of thiophene rings is 1. The highest BCUT2D eigenvalue weighted by atomic mass is 32.1. The maximum absolute atomic E-state index is 11.0. The molecule has 4 rings (SSSR count). The van der Waals surface area contributed by atoms with E-state index in [1.165, 1.54) is 19.0 Å². The molecule has 0 saturated heterocycles. The molecule has 0 spiro atoms. The molecule has 2 heterocycles. The molecule has 2 amide bonds. The third-order valence-electron chi connectivity index (χ3n) is 4.41. The highest BCUT2D eigenvalue weighted by Gasteiger charge is 2.24. The van der Waals surface area contributed by atoms with Crippen LogP contribution in [0.3, 0.4) is 0 Å². The molecule has 1 unspecified atom stereocenters. The van der Waals surface area contributed by atoms with Crippen LogP contribution in [0.15, 0.2) is 47.8 Å². The van der Waals surface area contributed by atoms with Crippen LogP contribution in [0.4, 0.5) is 15.3 Å². The molecule has 0 fully saturated rings. The Labute approximate surface area is 172 Å². The van der Waals surface area contributed by atoms with Crippen molar-refractivity contribution in [1.82, 2.24) is 5.32 Å². The summed E-state index contributed by atoms with van der Waals surface area (Å²) in [7, 11) is 3.06. The SMILES string of the molecule is CC1Cc2cccc(N(C)C(=O)O)c2O1.CNC(=O)Oc1cccc2sccc12. The maximum atomic E-state index is 11.0. The van der Waals surface area contributed by atoms with Crippen molar-refractivity contribution >= 4 is 39.3 Å². The number of hydrogen-bond donors (Lipinski definition) is 2. The Morgan fingerprint density at radius 3 is 2.72 bits per heavy atom. The van der Waals surface area contributed by atoms with Gasteiger partial charge in [-0.2, -0.15) is 0 Å². The van der Waals surface area contributed by atoms with E-state index in [1.807, 2.05) is 42.6 Å². The van der Waals surface area contributed by atoms with E-state index in [0.717, 1.165) is 22.1 Å². The number of hydrogen-bond acceptors (Lipinski definition) is 5. The first kappa shape index (κ1) is 20.5. The molecule has 2 aromatic carbocycles. The minimum Gasteiger partial charge on any atom is -0.488 e. The van der Waals surface area contributed by atoms with Crippen LogP contribution in [0.25, 0.3) is 10.1 Å². The second kappa shape index (κ2) is 8.83. The Balaban J connectivity index is 0.000000166. The zero-order valence-corrected chi connectivity index (χ0v) is 17.2. The Hall–Kier alpha value is -3.26. The number of carbonyl (C=O) groups excluding carboxylic acids is 1. The summed E-state index contributed by atoms with van der Waals surface area (Å²) in [5.41, 5.74) is 1.69. The van der Waals surface area contributed by atoms with Crippen molar-refractivity contribution in [2.75, 3.05) is 19.0 Å². The fraction of sp³-hybridized carbons (Fsp3) is 0.238. The van der Waals surface area contributed by atoms with Crippen LogP contribution in [-0.4, -0.2) is 37.5 Å². The van der Waals surface area contributed by atoms with Gasteiger partial charge in [0.05, 0.1) is 5.69 Å². The van der Waals surface area contributed by atoms with E-state index in [-0.39, 0.29) is 6.10 Å². The Bertz CT molecular complexity index is 1030. The standard InChI is InChI=1S/C11H13NO3.C10H9NO2S/c1-7-6-8-4-3-5-9(10(8)15-7)12(2)11(13)14;1-11-10(12)13-8-3-2-4-9-7(8)5-6-14-9/h3-5,7H,6H2,1-2H3,(H,13,14);2-6H,1H3,(H,11,12). The fourth-order valence-corrected chi connectivity index (χ4v) is 3.80. The number of para-hydroxylation sites is 1. The number of nitrogens with zero attached hydrogens (tertiary/aromatic N) is 1. The Morgan fingerprint density at radius 2 is 2.00 bits per heavy atom. The molecule has 0 aliphatic carbocycles. The summed E-state index contributed by atoms with van der Waals surface area (Å²) in [4.78, 5) is 23.0. The number of rotatable bonds is 2. The molecule has 2 N–H and O–H groups in total. The molecule has 1 atom stereocenters. The van der Waals surface area contributed by atoms with E-state index in [1.54, 1.807) is 23.5 Å². The summed E-state index contributed by atoms with van der Waals surface area (Å²) in [6.07, 6.45) is -0.449. The van der Waals surface area contributed by atoms with E-state index in [4.69, 9.17) is 14.6 Å². The van der Waals surface area contributed by atoms with E-state index >= 15 is 0 Å². The quantitative estimate of drug-likeness (QED) is 0.632. The number of nitrogens with one attached hydrogen (secondary N) is 1. The van der Waals surface area contributed by atoms with Crippen molar-refractivity contribution in [3.05, 3.63) is 53.4 Å². The average Bonchev–Trinajstić information content (AvgIpc) is 3.33. The van der Waals surface area contributed by atoms with Gasteiger partial charge < -0.3 is 19.9 Å². The molecule has 1 aliphatic rings. The molecule has 3 aromatic rings. The predicted molar refractivity (Wildman–Crippen MR) is 114 cm³/mol. The van der Waals surface area contributed by atoms with E-state index < -0.39 is 12.2 Å². The number of anilines is 1. The first-order valence-electron chi connectivity index (χ1n) is 9.01. The third-order valence-corrected chi connectivity index (χ3v) is 5.30. The number of fused-ring (bicyclic) bond motifs is 2. The van der Waals surface area contributed by atoms with Gasteiger partial charge in [0.2, 0.25) is 0 Å². The zero-order chi connectivity index (χ0) is 21.0. The number of benzene rings is 2. The second-order valence-electron chi connectivity index (χ2n) is 6.47. The number of carboxylic acid groups (broad SMARTS) is 1. The van der Waals surface area contributed by atoms with Crippen LogP contribution in [0.5, 0.6) is 11.5 Å². The number of ether oxygens (including phenoxy) is 2. The van der Waals surface area contributed by atoms with Crippen LogP contribution in [0.1, 0.15) is 12.5 Å². The lowest BCUT2D eigenvalue weighted by molar-refractivity contribution is 0.202. The smallest absolute Gasteiger partial charge is 0.412 e. The molecule has 152 valence electrons. The van der Waals surface area contributed by atoms with Gasteiger partial charge >= 0.3 is 12.2 Å². The minimum atomic E-state index is -0.980. The van der Waals surface area contributed by atoms with Crippen molar-refractivity contribution in [2.45, 2.75) is 19.4 Å². The Morgan fingerprint density at radius 1 is 1.24 bits per heavy atom. The predicted octanol–water partition coefficient (Wildman–Crippen LogP) is 4.74. The van der Waals surface area contributed by atoms with Crippen LogP contribution >= 0.6 is 11.3 Å². The Kier molecular flexibility index (Phi) is 6.23. The van der Waals surface area contributed by atoms with E-state index in [2.05, 4.69) is 5.32 Å². The molecule has 0 radical (unpaired) electrons. The average molecular weight is 414 g/mol. The lowest BCUT2D eigenvalue weighted by Gasteiger charge is -2.16. The van der Waals surface area contributed by atoms with Gasteiger partial charge in [-0.15, -0.1) is 11.3 Å². The molecule has 0 saturated carbocycles. The molecule has 7 nitrogen and oxygen atoms in total. The van der Waals surface area contributed by atoms with Crippen LogP contribution < -0.4 is 19.7 Å². The number of carbonyl (C=O) groups is 2. The highest BCUT2D eigenvalue weighted by molar-refractivity contribution is 7.17. The van der Waals surface area contributed by atoms with Crippen LogP contribution in [0.2, 0.25) is 0 Å². The van der Waals surface area contributed by atoms with Crippen molar-refractivity contribution in [2.24, 2.45) is 0 Å². The van der Waals surface area contributed by atoms with Gasteiger partial charge in [-0.25, -0.2) is 9.59 Å². The van der Waals surface area contributed by atoms with Gasteiger partial charge in [-0.3, -0.25) is 4.90 Å². The zero-order valence-electron chi connectivity index (χ0n) is 16.3. The summed E-state index contributed by atoms with van der Waals surface area (Å²) in [6.45, 7) is 1.98. The van der Waals surface area contributed by atoms with Gasteiger partial charge in [0.1, 0.15) is 17.6 Å². The second-order valence-corrected chi connectivity index (χ2v) is 7.42. The van der Waals surface area contributed by atoms with Gasteiger partial charge in [-0.1, -0.05) is 18.2 Å². The van der Waals surface area contributed by atoms with E-state index in [0.29, 0.717) is 17.2 Å². The highest BCUT2D eigenvalue weighted by Crippen LogP contribution is 2.37. The molecule has 0 bridgehead atoms. The normalized spacial score (nSPS) is 14.2. The van der Waals surface area contributed by atoms with Gasteiger partial charge in [0, 0.05) is 30.6 Å². The minimum absolute atomic E-state index is 0.128. The van der Waals surface area contributed by atoms with Crippen molar-refractivity contribution in [1.29, 1.82) is 0 Å². The largest absolute Gasteiger partial charge is 0.488 e. The molecular formula is C21H22N2O5S. The molecular weight excluding hydrogens is 392 g/mol. The first-order valence-corrected chi connectivity index (χ1v) is 9.89. The van der Waals surface area contributed by atoms with Gasteiger partial charge in [0.25, 0.3) is 0 Å². The van der Waals surface area contributed by atoms with Crippen molar-refractivity contribution < 1.29 is 24.2 Å². The van der Waals surface area contributed by atoms with Gasteiger partial charge in [-0.05, 0) is 42.1 Å². The monoisotopic (exact) mass is 414 g/mol. The van der Waals surface area contributed by atoms with E-state index in [9.17, 15) is 9.59 Å². The van der Waals surface area contributed by atoms with Gasteiger partial charge in [0.15, 0.2) is 0 Å². The van der Waals surface area contributed by atoms with Crippen LogP contribution in [0, 0.1) is 0 Å². The lowest BCUT2D eigenvalue weighted by Crippen LogP contribution is -2.24. The molecule has 1 aliphatic heterocycles. The van der Waals surface area contributed by atoms with Crippen LogP contribution in [-0.2, 0) is 6.42 Å². The lowest BCUT2D eigenvalue weighted by atomic mass is 10.1. The molecule has 8 heteroatoms. The van der Waals surface area contributed by atoms with Crippen molar-refractivity contribution in [3.63, 3.8) is 0 Å². The topological polar surface area (TPSA) is 88.1 Å². The molecule has 29 heavy (non-hydrogen) atoms. The summed E-state index contributed by atoms with van der Waals surface area (Å²) in [5, 5.41) is 14.3. The van der Waals surface area contributed by atoms with Crippen molar-refractivity contribution in [3.8, 4) is 11.5 Å². The summed E-state index contributed by atoms with van der Waals surface area (Å²) < 4.78 is 11.8. The summed E-state index contributed by atoms with van der Waals surface area (Å²) in [6, 6.07) is 13.2. The summed E-state index contributed by atoms with van der Waals surface area (Å²) in [5.74, 6) is 1.30.